The van der Waals surface area contributed by atoms with Crippen LogP contribution in [0.25, 0.3) is 0 Å². The number of rotatable bonds is 1. The zero-order chi connectivity index (χ0) is 14.6. The van der Waals surface area contributed by atoms with Gasteiger partial charge in [-0.25, -0.2) is 13.6 Å². The van der Waals surface area contributed by atoms with Crippen LogP contribution in [0.3, 0.4) is 0 Å². The largest absolute Gasteiger partial charge is 0.481 e. The molecule has 2 aliphatic rings. The van der Waals surface area contributed by atoms with Crippen LogP contribution < -0.4 is 0 Å². The molecular formula is C12H17F2NO4. The van der Waals surface area contributed by atoms with Gasteiger partial charge in [0.1, 0.15) is 11.0 Å². The molecule has 1 aliphatic heterocycles. The minimum Gasteiger partial charge on any atom is -0.481 e. The molecule has 2 rings (SSSR count). The van der Waals surface area contributed by atoms with Crippen molar-refractivity contribution in [2.24, 2.45) is 11.3 Å². The predicted octanol–water partition coefficient (Wildman–Crippen LogP) is 1.96. The Hall–Kier alpha value is -1.40. The van der Waals surface area contributed by atoms with E-state index < -0.39 is 34.9 Å². The number of nitrogens with zero attached hydrogens (tertiary/aromatic N) is 1. The molecule has 2 atom stereocenters. The summed E-state index contributed by atoms with van der Waals surface area (Å²) < 4.78 is 32.3. The number of carbonyl (C=O) groups excluding carboxylic acids is 1. The van der Waals surface area contributed by atoms with Crippen LogP contribution in [-0.4, -0.2) is 46.7 Å². The number of carboxylic acid groups (broad SMARTS) is 1. The third kappa shape index (κ3) is 1.95. The highest BCUT2D eigenvalue weighted by Gasteiger charge is 2.86. The molecule has 0 spiro atoms. The summed E-state index contributed by atoms with van der Waals surface area (Å²) in [5.74, 6) is -6.03. The van der Waals surface area contributed by atoms with E-state index in [1.807, 2.05) is 0 Å². The normalized spacial score (nSPS) is 32.5. The maximum Gasteiger partial charge on any atom is 0.410 e. The van der Waals surface area contributed by atoms with Gasteiger partial charge < -0.3 is 14.7 Å². The molecule has 1 heterocycles. The van der Waals surface area contributed by atoms with Gasteiger partial charge in [0, 0.05) is 13.1 Å². The van der Waals surface area contributed by atoms with E-state index in [0.29, 0.717) is 0 Å². The maximum atomic E-state index is 13.6. The molecule has 2 fully saturated rings. The average molecular weight is 277 g/mol. The molecule has 1 N–H and O–H groups in total. The lowest BCUT2D eigenvalue weighted by atomic mass is 9.95. The Morgan fingerprint density at radius 2 is 1.95 bits per heavy atom. The molecule has 1 amide bonds. The van der Waals surface area contributed by atoms with Crippen molar-refractivity contribution in [2.75, 3.05) is 13.1 Å². The van der Waals surface area contributed by atoms with Gasteiger partial charge in [0.2, 0.25) is 0 Å². The number of aliphatic carboxylic acids is 1. The van der Waals surface area contributed by atoms with Crippen molar-refractivity contribution in [1.82, 2.24) is 4.90 Å². The highest BCUT2D eigenvalue weighted by Crippen LogP contribution is 2.69. The Balaban J connectivity index is 2.06. The standard InChI is InChI=1S/C12H17F2NO4/c1-10(2,3)19-9(18)15-5-4-11(8(16)17)7(6-15)12(11,13)14/h7H,4-6H2,1-3H3,(H,16,17)/t7-,11+/m0/s1. The number of alkyl halides is 2. The van der Waals surface area contributed by atoms with Gasteiger partial charge in [-0.2, -0.15) is 0 Å². The van der Waals surface area contributed by atoms with Crippen LogP contribution in [0, 0.1) is 11.3 Å². The van der Waals surface area contributed by atoms with Crippen molar-refractivity contribution >= 4 is 12.1 Å². The monoisotopic (exact) mass is 277 g/mol. The molecule has 19 heavy (non-hydrogen) atoms. The van der Waals surface area contributed by atoms with Gasteiger partial charge in [0.05, 0.1) is 5.92 Å². The maximum absolute atomic E-state index is 13.6. The van der Waals surface area contributed by atoms with Crippen molar-refractivity contribution in [2.45, 2.75) is 38.7 Å². The first-order chi connectivity index (χ1) is 8.52. The lowest BCUT2D eigenvalue weighted by molar-refractivity contribution is -0.149. The van der Waals surface area contributed by atoms with Crippen molar-refractivity contribution in [1.29, 1.82) is 0 Å². The molecule has 0 bridgehead atoms. The summed E-state index contributed by atoms with van der Waals surface area (Å²) in [5.41, 5.74) is -2.68. The first-order valence-electron chi connectivity index (χ1n) is 6.11. The van der Waals surface area contributed by atoms with E-state index in [4.69, 9.17) is 9.84 Å². The van der Waals surface area contributed by atoms with Crippen molar-refractivity contribution in [3.8, 4) is 0 Å². The van der Waals surface area contributed by atoms with E-state index in [9.17, 15) is 18.4 Å². The van der Waals surface area contributed by atoms with E-state index in [1.54, 1.807) is 20.8 Å². The molecular weight excluding hydrogens is 260 g/mol. The summed E-state index contributed by atoms with van der Waals surface area (Å²) in [6, 6.07) is 0. The number of hydrogen-bond acceptors (Lipinski definition) is 3. The molecule has 1 aliphatic carbocycles. The molecule has 0 radical (unpaired) electrons. The zero-order valence-electron chi connectivity index (χ0n) is 11.1. The molecule has 7 heteroatoms. The summed E-state index contributed by atoms with van der Waals surface area (Å²) in [5, 5.41) is 8.97. The van der Waals surface area contributed by atoms with Gasteiger partial charge in [0.15, 0.2) is 0 Å². The van der Waals surface area contributed by atoms with Crippen LogP contribution in [0.5, 0.6) is 0 Å². The Kier molecular flexibility index (Phi) is 2.80. The number of amides is 1. The first-order valence-corrected chi connectivity index (χ1v) is 6.11. The van der Waals surface area contributed by atoms with Crippen LogP contribution >= 0.6 is 0 Å². The summed E-state index contributed by atoms with van der Waals surface area (Å²) in [4.78, 5) is 24.0. The van der Waals surface area contributed by atoms with Crippen LogP contribution in [0.1, 0.15) is 27.2 Å². The topological polar surface area (TPSA) is 66.8 Å². The molecule has 5 nitrogen and oxygen atoms in total. The lowest BCUT2D eigenvalue weighted by Crippen LogP contribution is -2.43. The van der Waals surface area contributed by atoms with Gasteiger partial charge in [-0.1, -0.05) is 0 Å². The highest BCUT2D eigenvalue weighted by molar-refractivity contribution is 5.82. The summed E-state index contributed by atoms with van der Waals surface area (Å²) in [6.45, 7) is 4.76. The molecule has 1 saturated carbocycles. The second-order valence-electron chi connectivity index (χ2n) is 6.13. The smallest absolute Gasteiger partial charge is 0.410 e. The minimum atomic E-state index is -3.24. The Labute approximate surface area is 109 Å². The fraction of sp³-hybridized carbons (Fsp3) is 0.833. The second-order valence-corrected chi connectivity index (χ2v) is 6.13. The third-order valence-corrected chi connectivity index (χ3v) is 3.76. The van der Waals surface area contributed by atoms with Gasteiger partial charge in [-0.05, 0) is 27.2 Å². The van der Waals surface area contributed by atoms with E-state index in [-0.39, 0.29) is 19.5 Å². The minimum absolute atomic E-state index is 0.0205. The second kappa shape index (κ2) is 3.80. The SMILES string of the molecule is CC(C)(C)OC(=O)N1CC[C@]2(C(=O)O)[C@H](C1)C2(F)F. The summed E-state index contributed by atoms with van der Waals surface area (Å²) in [7, 11) is 0. The van der Waals surface area contributed by atoms with Crippen LogP contribution in [0.15, 0.2) is 0 Å². The van der Waals surface area contributed by atoms with Gasteiger partial charge in [-0.3, -0.25) is 4.79 Å². The number of likely N-dealkylation sites (tertiary alicyclic amines) is 1. The molecule has 108 valence electrons. The molecule has 0 aromatic carbocycles. The van der Waals surface area contributed by atoms with Gasteiger partial charge >= 0.3 is 12.1 Å². The van der Waals surface area contributed by atoms with Crippen LogP contribution in [-0.2, 0) is 9.53 Å². The number of halogens is 2. The highest BCUT2D eigenvalue weighted by atomic mass is 19.3. The van der Waals surface area contributed by atoms with Crippen molar-refractivity contribution in [3.63, 3.8) is 0 Å². The quantitative estimate of drug-likeness (QED) is 0.795. The van der Waals surface area contributed by atoms with Crippen molar-refractivity contribution < 1.29 is 28.2 Å². The van der Waals surface area contributed by atoms with Gasteiger partial charge in [0.25, 0.3) is 5.92 Å². The molecule has 0 aromatic heterocycles. The number of piperidine rings is 1. The Morgan fingerprint density at radius 1 is 1.37 bits per heavy atom. The number of carboxylic acids is 1. The van der Waals surface area contributed by atoms with Crippen molar-refractivity contribution in [3.05, 3.63) is 0 Å². The number of carbonyl (C=O) groups is 2. The fourth-order valence-corrected chi connectivity index (χ4v) is 2.66. The predicted molar refractivity (Wildman–Crippen MR) is 60.9 cm³/mol. The molecule has 1 saturated heterocycles. The molecule has 0 aromatic rings. The number of fused-ring (bicyclic) bond motifs is 1. The van der Waals surface area contributed by atoms with E-state index in [0.717, 1.165) is 4.90 Å². The Morgan fingerprint density at radius 3 is 2.37 bits per heavy atom. The zero-order valence-corrected chi connectivity index (χ0v) is 11.1. The van der Waals surface area contributed by atoms with Crippen LogP contribution in [0.2, 0.25) is 0 Å². The Bertz CT molecular complexity index is 432. The average Bonchev–Trinajstić information content (AvgIpc) is 2.74. The van der Waals surface area contributed by atoms with E-state index >= 15 is 0 Å². The van der Waals surface area contributed by atoms with Crippen LogP contribution in [0.4, 0.5) is 13.6 Å². The third-order valence-electron chi connectivity index (χ3n) is 3.76. The number of hydrogen-bond donors (Lipinski definition) is 1. The molecule has 0 unspecified atom stereocenters. The van der Waals surface area contributed by atoms with E-state index in [1.165, 1.54) is 0 Å². The number of ether oxygens (including phenoxy) is 1. The van der Waals surface area contributed by atoms with E-state index in [2.05, 4.69) is 0 Å². The summed E-state index contributed by atoms with van der Waals surface area (Å²) >= 11 is 0. The fourth-order valence-electron chi connectivity index (χ4n) is 2.66. The summed E-state index contributed by atoms with van der Waals surface area (Å²) in [6.07, 6.45) is -0.909. The lowest BCUT2D eigenvalue weighted by Gasteiger charge is -2.30. The van der Waals surface area contributed by atoms with Gasteiger partial charge in [-0.15, -0.1) is 0 Å². The first kappa shape index (κ1) is 14.0.